The second-order valence-electron chi connectivity index (χ2n) is 7.76. The molecule has 0 saturated carbocycles. The predicted octanol–water partition coefficient (Wildman–Crippen LogP) is 6.57. The maximum atomic E-state index is 14.4. The second-order valence-corrected chi connectivity index (χ2v) is 9.11. The number of nitrogens with zero attached hydrogens (tertiary/aromatic N) is 2. The predicted molar refractivity (Wildman–Crippen MR) is 130 cm³/mol. The van der Waals surface area contributed by atoms with E-state index in [0.29, 0.717) is 26.8 Å². The lowest BCUT2D eigenvalue weighted by molar-refractivity contribution is 0.617. The van der Waals surface area contributed by atoms with E-state index in [1.165, 1.54) is 17.8 Å². The first-order chi connectivity index (χ1) is 15.4. The molecule has 0 amide bonds. The molecule has 3 aromatic carbocycles. The van der Waals surface area contributed by atoms with Crippen molar-refractivity contribution in [1.29, 1.82) is 0 Å². The topological polar surface area (TPSA) is 50.7 Å². The Morgan fingerprint density at radius 1 is 1.06 bits per heavy atom. The number of benzene rings is 3. The largest absolute Gasteiger partial charge is 0.349 e. The maximum absolute atomic E-state index is 14.4. The van der Waals surface area contributed by atoms with Gasteiger partial charge in [-0.25, -0.2) is 9.37 Å². The van der Waals surface area contributed by atoms with Crippen molar-refractivity contribution in [2.75, 3.05) is 0 Å². The van der Waals surface area contributed by atoms with Gasteiger partial charge in [0.2, 0.25) is 0 Å². The zero-order chi connectivity index (χ0) is 22.4. The molecule has 2 aromatic heterocycles. The number of fused-ring (bicyclic) bond motifs is 3. The van der Waals surface area contributed by atoms with Gasteiger partial charge in [0.25, 0.3) is 5.56 Å². The number of hydrogen-bond donors (Lipinski definition) is 1. The van der Waals surface area contributed by atoms with Crippen LogP contribution in [0.2, 0.25) is 5.02 Å². The number of halogens is 2. The van der Waals surface area contributed by atoms with Gasteiger partial charge in [-0.05, 0) is 55.3 Å². The molecule has 0 unspecified atom stereocenters. The summed E-state index contributed by atoms with van der Waals surface area (Å²) in [6, 6.07) is 18.3. The van der Waals surface area contributed by atoms with Gasteiger partial charge in [0.05, 0.1) is 5.69 Å². The van der Waals surface area contributed by atoms with Crippen molar-refractivity contribution in [1.82, 2.24) is 14.5 Å². The molecule has 160 valence electrons. The summed E-state index contributed by atoms with van der Waals surface area (Å²) >= 11 is 7.52. The van der Waals surface area contributed by atoms with Crippen molar-refractivity contribution in [3.8, 4) is 5.69 Å². The Labute approximate surface area is 193 Å². The van der Waals surface area contributed by atoms with Gasteiger partial charge in [0.15, 0.2) is 5.16 Å². The summed E-state index contributed by atoms with van der Waals surface area (Å²) in [5, 5.41) is 1.71. The van der Waals surface area contributed by atoms with Gasteiger partial charge in [-0.15, -0.1) is 0 Å². The van der Waals surface area contributed by atoms with E-state index in [9.17, 15) is 9.18 Å². The summed E-state index contributed by atoms with van der Waals surface area (Å²) in [6.07, 6.45) is 0. The van der Waals surface area contributed by atoms with E-state index >= 15 is 0 Å². The average molecular weight is 464 g/mol. The Bertz CT molecular complexity index is 1520. The van der Waals surface area contributed by atoms with Crippen molar-refractivity contribution in [3.63, 3.8) is 0 Å². The van der Waals surface area contributed by atoms with Crippen LogP contribution >= 0.6 is 23.4 Å². The van der Waals surface area contributed by atoms with Crippen LogP contribution in [0.3, 0.4) is 0 Å². The van der Waals surface area contributed by atoms with E-state index in [1.807, 2.05) is 50.2 Å². The van der Waals surface area contributed by atoms with Gasteiger partial charge >= 0.3 is 0 Å². The average Bonchev–Trinajstić information content (AvgIpc) is 3.12. The first kappa shape index (κ1) is 20.8. The number of para-hydroxylation sites is 1. The van der Waals surface area contributed by atoms with Crippen molar-refractivity contribution in [2.24, 2.45) is 0 Å². The molecule has 5 aromatic rings. The first-order valence-electron chi connectivity index (χ1n) is 10.1. The highest BCUT2D eigenvalue weighted by Crippen LogP contribution is 2.31. The number of aromatic amines is 1. The van der Waals surface area contributed by atoms with Crippen LogP contribution in [0.15, 0.2) is 70.6 Å². The Hall–Kier alpha value is -3.09. The number of H-pyrrole nitrogens is 1. The van der Waals surface area contributed by atoms with Crippen LogP contribution < -0.4 is 5.56 Å². The number of hydrogen-bond acceptors (Lipinski definition) is 3. The van der Waals surface area contributed by atoms with Crippen LogP contribution in [-0.2, 0) is 5.75 Å². The number of aromatic nitrogens is 3. The minimum absolute atomic E-state index is 0.196. The number of aryl methyl sites for hydroxylation is 2. The fourth-order valence-electron chi connectivity index (χ4n) is 3.95. The van der Waals surface area contributed by atoms with Gasteiger partial charge in [-0.2, -0.15) is 0 Å². The summed E-state index contributed by atoms with van der Waals surface area (Å²) in [7, 11) is 0. The van der Waals surface area contributed by atoms with E-state index in [2.05, 4.69) is 11.1 Å². The third kappa shape index (κ3) is 3.59. The lowest BCUT2D eigenvalue weighted by Gasteiger charge is -2.14. The summed E-state index contributed by atoms with van der Waals surface area (Å²) in [5.41, 5.74) is 4.89. The van der Waals surface area contributed by atoms with Gasteiger partial charge in [0.1, 0.15) is 16.9 Å². The van der Waals surface area contributed by atoms with Gasteiger partial charge in [-0.1, -0.05) is 53.7 Å². The molecular formula is C25H19ClFN3OS. The van der Waals surface area contributed by atoms with Crippen molar-refractivity contribution in [3.05, 3.63) is 98.5 Å². The summed E-state index contributed by atoms with van der Waals surface area (Å²) in [5.74, 6) is -0.130. The highest BCUT2D eigenvalue weighted by atomic mass is 35.5. The Kier molecular flexibility index (Phi) is 5.27. The zero-order valence-corrected chi connectivity index (χ0v) is 19.0. The lowest BCUT2D eigenvalue weighted by atomic mass is 10.1. The third-order valence-corrected chi connectivity index (χ3v) is 6.69. The monoisotopic (exact) mass is 463 g/mol. The highest BCUT2D eigenvalue weighted by molar-refractivity contribution is 7.98. The fourth-order valence-corrected chi connectivity index (χ4v) is 5.30. The van der Waals surface area contributed by atoms with Gasteiger partial charge < -0.3 is 4.98 Å². The molecule has 0 atom stereocenters. The third-order valence-electron chi connectivity index (χ3n) is 5.37. The quantitative estimate of drug-likeness (QED) is 0.242. The molecule has 4 nitrogen and oxygen atoms in total. The van der Waals surface area contributed by atoms with Gasteiger partial charge in [-0.3, -0.25) is 9.36 Å². The van der Waals surface area contributed by atoms with Crippen LogP contribution in [0.25, 0.3) is 27.6 Å². The Morgan fingerprint density at radius 3 is 2.56 bits per heavy atom. The minimum atomic E-state index is -0.376. The van der Waals surface area contributed by atoms with Crippen molar-refractivity contribution >= 4 is 45.3 Å². The van der Waals surface area contributed by atoms with E-state index in [1.54, 1.807) is 16.7 Å². The zero-order valence-electron chi connectivity index (χ0n) is 17.4. The molecule has 5 rings (SSSR count). The molecular weight excluding hydrogens is 445 g/mol. The SMILES string of the molecule is Cc1cc(C)cc(-n2c(SCc3c(F)cccc3Cl)nc3c([nH]c4ccccc43)c2=O)c1. The van der Waals surface area contributed by atoms with E-state index < -0.39 is 0 Å². The molecule has 1 N–H and O–H groups in total. The lowest BCUT2D eigenvalue weighted by Crippen LogP contribution is -2.22. The molecule has 2 heterocycles. The van der Waals surface area contributed by atoms with E-state index in [4.69, 9.17) is 16.6 Å². The van der Waals surface area contributed by atoms with Crippen molar-refractivity contribution < 1.29 is 4.39 Å². The summed E-state index contributed by atoms with van der Waals surface area (Å²) in [6.45, 7) is 3.98. The molecule has 0 fully saturated rings. The molecule has 0 aliphatic heterocycles. The number of thioether (sulfide) groups is 1. The van der Waals surface area contributed by atoms with Crippen LogP contribution in [0.5, 0.6) is 0 Å². The van der Waals surface area contributed by atoms with Crippen LogP contribution in [0, 0.1) is 19.7 Å². The van der Waals surface area contributed by atoms with E-state index in [0.717, 1.165) is 27.7 Å². The summed E-state index contributed by atoms with van der Waals surface area (Å²) < 4.78 is 16.0. The minimum Gasteiger partial charge on any atom is -0.349 e. The number of rotatable bonds is 4. The molecule has 0 spiro atoms. The standard InChI is InChI=1S/C25H19ClFN3OS/c1-14-10-15(2)12-16(11-14)30-24(31)23-22(17-6-3-4-9-21(17)28-23)29-25(30)32-13-18-19(26)7-5-8-20(18)27/h3-12,28H,13H2,1-2H3. The maximum Gasteiger partial charge on any atom is 0.283 e. The second kappa shape index (κ2) is 8.11. The van der Waals surface area contributed by atoms with Crippen LogP contribution in [0.4, 0.5) is 4.39 Å². The number of nitrogens with one attached hydrogen (secondary N) is 1. The normalized spacial score (nSPS) is 11.5. The molecule has 32 heavy (non-hydrogen) atoms. The molecule has 0 saturated heterocycles. The van der Waals surface area contributed by atoms with Gasteiger partial charge in [0, 0.05) is 27.2 Å². The molecule has 0 aliphatic rings. The molecule has 0 bridgehead atoms. The van der Waals surface area contributed by atoms with Crippen molar-refractivity contribution in [2.45, 2.75) is 24.8 Å². The Balaban J connectivity index is 1.75. The fraction of sp³-hybridized carbons (Fsp3) is 0.120. The Morgan fingerprint density at radius 2 is 1.81 bits per heavy atom. The molecule has 7 heteroatoms. The molecule has 0 radical (unpaired) electrons. The van der Waals surface area contributed by atoms with E-state index in [-0.39, 0.29) is 17.1 Å². The van der Waals surface area contributed by atoms with Crippen LogP contribution in [-0.4, -0.2) is 14.5 Å². The first-order valence-corrected chi connectivity index (χ1v) is 11.5. The van der Waals surface area contributed by atoms with Crippen LogP contribution in [0.1, 0.15) is 16.7 Å². The smallest absolute Gasteiger partial charge is 0.283 e. The highest BCUT2D eigenvalue weighted by Gasteiger charge is 2.18. The molecule has 0 aliphatic carbocycles. The summed E-state index contributed by atoms with van der Waals surface area (Å²) in [4.78, 5) is 21.7.